The van der Waals surface area contributed by atoms with Crippen molar-refractivity contribution in [2.75, 3.05) is 26.2 Å². The molecule has 214 valence electrons. The molecule has 2 atom stereocenters. The van der Waals surface area contributed by atoms with Crippen LogP contribution in [-0.2, 0) is 19.2 Å². The van der Waals surface area contributed by atoms with E-state index in [0.29, 0.717) is 37.3 Å². The van der Waals surface area contributed by atoms with Crippen LogP contribution in [0.4, 0.5) is 0 Å². The summed E-state index contributed by atoms with van der Waals surface area (Å²) in [5, 5.41) is 30.3. The number of rotatable bonds is 17. The fourth-order valence-electron chi connectivity index (χ4n) is 4.16. The molecule has 12 nitrogen and oxygen atoms in total. The number of hydrogen-bond acceptors (Lipinski definition) is 8. The predicted molar refractivity (Wildman–Crippen MR) is 141 cm³/mol. The summed E-state index contributed by atoms with van der Waals surface area (Å²) in [5.74, 6) is -0.762. The molecule has 0 aromatic carbocycles. The first-order valence-electron chi connectivity index (χ1n) is 13.6. The number of amides is 4. The molecule has 0 aromatic rings. The first kappa shape index (κ1) is 31.1. The van der Waals surface area contributed by atoms with Gasteiger partial charge in [-0.1, -0.05) is 38.5 Å². The van der Waals surface area contributed by atoms with Crippen molar-refractivity contribution < 1.29 is 29.4 Å². The lowest BCUT2D eigenvalue weighted by Crippen LogP contribution is -2.50. The molecule has 0 spiro atoms. The highest BCUT2D eigenvalue weighted by Crippen LogP contribution is 2.10. The first-order chi connectivity index (χ1) is 18.2. The number of nitrogens with zero attached hydrogens (tertiary/aromatic N) is 2. The zero-order valence-corrected chi connectivity index (χ0v) is 22.6. The van der Waals surface area contributed by atoms with E-state index < -0.39 is 12.7 Å². The lowest BCUT2D eigenvalue weighted by atomic mass is 10.1. The normalized spacial score (nSPS) is 19.4. The van der Waals surface area contributed by atoms with Crippen molar-refractivity contribution >= 4 is 23.6 Å². The minimum absolute atomic E-state index is 0.0724. The molecule has 0 aromatic heterocycles. The molecule has 2 heterocycles. The molecule has 2 aliphatic rings. The fourth-order valence-corrected chi connectivity index (χ4v) is 4.16. The number of unbranched alkanes of at least 4 members (excludes halogenated alkanes) is 7. The van der Waals surface area contributed by atoms with E-state index in [2.05, 4.69) is 21.3 Å². The summed E-state index contributed by atoms with van der Waals surface area (Å²) in [7, 11) is 0. The second kappa shape index (κ2) is 16.7. The van der Waals surface area contributed by atoms with Gasteiger partial charge in [-0.05, 0) is 26.7 Å². The third-order valence-corrected chi connectivity index (χ3v) is 6.53. The molecule has 2 aliphatic heterocycles. The first-order valence-corrected chi connectivity index (χ1v) is 13.6. The topological polar surface area (TPSA) is 163 Å². The minimum Gasteiger partial charge on any atom is -0.356 e. The molecule has 2 rings (SSSR count). The quantitative estimate of drug-likeness (QED) is 0.145. The molecule has 0 bridgehead atoms. The van der Waals surface area contributed by atoms with E-state index in [1.54, 1.807) is 26.2 Å². The highest BCUT2D eigenvalue weighted by Gasteiger charge is 2.23. The van der Waals surface area contributed by atoms with Gasteiger partial charge >= 0.3 is 0 Å². The lowest BCUT2D eigenvalue weighted by Gasteiger charge is -2.31. The van der Waals surface area contributed by atoms with Crippen molar-refractivity contribution in [3.05, 3.63) is 23.5 Å². The second-order valence-corrected chi connectivity index (χ2v) is 9.82. The van der Waals surface area contributed by atoms with Gasteiger partial charge < -0.3 is 41.3 Å². The third-order valence-electron chi connectivity index (χ3n) is 6.53. The third kappa shape index (κ3) is 11.5. The van der Waals surface area contributed by atoms with Gasteiger partial charge in [0, 0.05) is 62.6 Å². The summed E-state index contributed by atoms with van der Waals surface area (Å²) in [6.07, 6.45) is 9.92. The molecule has 0 fully saturated rings. The Labute approximate surface area is 224 Å². The summed E-state index contributed by atoms with van der Waals surface area (Å²) in [4.78, 5) is 50.0. The summed E-state index contributed by atoms with van der Waals surface area (Å²) in [6, 6.07) is 0. The summed E-state index contributed by atoms with van der Waals surface area (Å²) in [6.45, 7) is 5.24. The highest BCUT2D eigenvalue weighted by atomic mass is 16.3. The monoisotopic (exact) mass is 536 g/mol. The van der Waals surface area contributed by atoms with Crippen LogP contribution >= 0.6 is 0 Å². The van der Waals surface area contributed by atoms with Crippen molar-refractivity contribution in [1.29, 1.82) is 0 Å². The van der Waals surface area contributed by atoms with Crippen LogP contribution in [0, 0.1) is 0 Å². The van der Waals surface area contributed by atoms with Crippen molar-refractivity contribution in [3.8, 4) is 0 Å². The average Bonchev–Trinajstić information content (AvgIpc) is 2.87. The van der Waals surface area contributed by atoms with E-state index in [9.17, 15) is 29.4 Å². The molecule has 4 amide bonds. The van der Waals surface area contributed by atoms with Crippen LogP contribution in [0.5, 0.6) is 0 Å². The second-order valence-electron chi connectivity index (χ2n) is 9.82. The SMILES string of the molecule is CC1=CN(CCC(=O)NCCCCCCCCCCNC(=O)CCN2C=C(C)C(=O)NC2O)C(O)NC1=O. The van der Waals surface area contributed by atoms with E-state index in [-0.39, 0.29) is 36.5 Å². The van der Waals surface area contributed by atoms with Crippen molar-refractivity contribution in [2.24, 2.45) is 0 Å². The Morgan fingerprint density at radius 1 is 0.711 bits per heavy atom. The Kier molecular flexibility index (Phi) is 13.6. The van der Waals surface area contributed by atoms with Crippen LogP contribution in [-0.4, -0.2) is 82.5 Å². The molecule has 12 heteroatoms. The van der Waals surface area contributed by atoms with Gasteiger partial charge in [0.1, 0.15) is 0 Å². The van der Waals surface area contributed by atoms with Gasteiger partial charge in [0.15, 0.2) is 0 Å². The van der Waals surface area contributed by atoms with E-state index in [1.807, 2.05) is 0 Å². The van der Waals surface area contributed by atoms with Crippen molar-refractivity contribution in [2.45, 2.75) is 90.8 Å². The summed E-state index contributed by atoms with van der Waals surface area (Å²) < 4.78 is 0. The van der Waals surface area contributed by atoms with Crippen molar-refractivity contribution in [3.63, 3.8) is 0 Å². The van der Waals surface area contributed by atoms with Gasteiger partial charge in [-0.3, -0.25) is 19.2 Å². The van der Waals surface area contributed by atoms with E-state index in [0.717, 1.165) is 51.4 Å². The van der Waals surface area contributed by atoms with Gasteiger partial charge in [0.05, 0.1) is 0 Å². The Balaban J connectivity index is 1.37. The van der Waals surface area contributed by atoms with Crippen LogP contribution in [0.25, 0.3) is 0 Å². The van der Waals surface area contributed by atoms with Gasteiger partial charge in [0.2, 0.25) is 24.5 Å². The summed E-state index contributed by atoms with van der Waals surface area (Å²) >= 11 is 0. The fraction of sp³-hybridized carbons (Fsp3) is 0.692. The molecule has 0 saturated carbocycles. The number of carbonyl (C=O) groups excluding carboxylic acids is 4. The van der Waals surface area contributed by atoms with Crippen LogP contribution in [0.1, 0.15) is 78.1 Å². The Morgan fingerprint density at radius 3 is 1.42 bits per heavy atom. The van der Waals surface area contributed by atoms with Gasteiger partial charge in [-0.25, -0.2) is 0 Å². The Bertz CT molecular complexity index is 806. The maximum atomic E-state index is 12.0. The van der Waals surface area contributed by atoms with E-state index in [1.165, 1.54) is 9.80 Å². The number of hydrogen-bond donors (Lipinski definition) is 6. The molecule has 0 saturated heterocycles. The molecule has 0 aliphatic carbocycles. The zero-order valence-electron chi connectivity index (χ0n) is 22.6. The number of nitrogens with one attached hydrogen (secondary N) is 4. The molecular formula is C26H44N6O6. The minimum atomic E-state index is -1.10. The smallest absolute Gasteiger partial charge is 0.251 e. The number of aliphatic hydroxyl groups excluding tert-OH is 2. The lowest BCUT2D eigenvalue weighted by molar-refractivity contribution is -0.128. The molecular weight excluding hydrogens is 492 g/mol. The Morgan fingerprint density at radius 2 is 1.05 bits per heavy atom. The molecule has 6 N–H and O–H groups in total. The maximum Gasteiger partial charge on any atom is 0.251 e. The van der Waals surface area contributed by atoms with E-state index in [4.69, 9.17) is 0 Å². The number of aliphatic hydroxyl groups is 2. The molecule has 38 heavy (non-hydrogen) atoms. The van der Waals surface area contributed by atoms with Crippen molar-refractivity contribution in [1.82, 2.24) is 31.1 Å². The van der Waals surface area contributed by atoms with Gasteiger partial charge in [-0.15, -0.1) is 0 Å². The maximum absolute atomic E-state index is 12.0. The highest BCUT2D eigenvalue weighted by molar-refractivity contribution is 5.93. The number of carbonyl (C=O) groups is 4. The standard InChI is InChI=1S/C26H44N6O6/c1-19-17-31(25(37)29-23(19)35)15-11-21(33)27-13-9-7-5-3-4-6-8-10-14-28-22(34)12-16-32-18-20(2)24(36)30-26(32)38/h17-18,25-26,37-38H,3-16H2,1-2H3,(H,27,33)(H,28,34)(H,29,35)(H,30,36). The largest absolute Gasteiger partial charge is 0.356 e. The summed E-state index contributed by atoms with van der Waals surface area (Å²) in [5.41, 5.74) is 0.992. The molecule has 2 unspecified atom stereocenters. The zero-order chi connectivity index (χ0) is 27.9. The van der Waals surface area contributed by atoms with Crippen LogP contribution in [0.3, 0.4) is 0 Å². The van der Waals surface area contributed by atoms with Crippen LogP contribution < -0.4 is 21.3 Å². The van der Waals surface area contributed by atoms with Crippen LogP contribution in [0.15, 0.2) is 23.5 Å². The van der Waals surface area contributed by atoms with Crippen LogP contribution in [0.2, 0.25) is 0 Å². The van der Waals surface area contributed by atoms with E-state index >= 15 is 0 Å². The van der Waals surface area contributed by atoms with Gasteiger partial charge in [-0.2, -0.15) is 0 Å². The Hall–Kier alpha value is -3.12. The average molecular weight is 537 g/mol. The molecule has 0 radical (unpaired) electrons. The van der Waals surface area contributed by atoms with Gasteiger partial charge in [0.25, 0.3) is 11.8 Å². The predicted octanol–water partition coefficient (Wildman–Crippen LogP) is 0.343.